The first kappa shape index (κ1) is 18.8. The van der Waals surface area contributed by atoms with Gasteiger partial charge in [-0.2, -0.15) is 5.10 Å². The highest BCUT2D eigenvalue weighted by molar-refractivity contribution is 6.31. The van der Waals surface area contributed by atoms with Crippen molar-refractivity contribution < 1.29 is 9.18 Å². The molecule has 0 saturated heterocycles. The molecule has 27 heavy (non-hydrogen) atoms. The van der Waals surface area contributed by atoms with Gasteiger partial charge < -0.3 is 5.32 Å². The summed E-state index contributed by atoms with van der Waals surface area (Å²) in [6.07, 6.45) is -0.169. The monoisotopic (exact) mass is 385 g/mol. The van der Waals surface area contributed by atoms with E-state index in [-0.39, 0.29) is 41.6 Å². The number of nitrogens with zero attached hydrogens (tertiary/aromatic N) is 2. The number of carbonyl (C=O) groups is 1. The highest BCUT2D eigenvalue weighted by Crippen LogP contribution is 2.19. The second-order valence-corrected chi connectivity index (χ2v) is 6.28. The van der Waals surface area contributed by atoms with Gasteiger partial charge in [0, 0.05) is 28.8 Å². The van der Waals surface area contributed by atoms with Gasteiger partial charge in [0.2, 0.25) is 5.91 Å². The molecule has 0 aliphatic carbocycles. The Bertz CT molecular complexity index is 985. The molecule has 0 spiro atoms. The highest BCUT2D eigenvalue weighted by Gasteiger charge is 2.11. The van der Waals surface area contributed by atoms with Crippen molar-refractivity contribution in [2.24, 2.45) is 0 Å². The van der Waals surface area contributed by atoms with Crippen molar-refractivity contribution in [3.63, 3.8) is 0 Å². The summed E-state index contributed by atoms with van der Waals surface area (Å²) in [5, 5.41) is 7.19. The Labute approximate surface area is 160 Å². The molecule has 2 aromatic carbocycles. The van der Waals surface area contributed by atoms with E-state index in [2.05, 4.69) is 10.4 Å². The van der Waals surface area contributed by atoms with Crippen LogP contribution < -0.4 is 10.9 Å². The molecule has 0 radical (unpaired) electrons. The van der Waals surface area contributed by atoms with Crippen molar-refractivity contribution in [1.29, 1.82) is 0 Å². The summed E-state index contributed by atoms with van der Waals surface area (Å²) in [5.41, 5.74) is 1.45. The maximum absolute atomic E-state index is 13.7. The van der Waals surface area contributed by atoms with Gasteiger partial charge in [0.05, 0.1) is 18.7 Å². The molecule has 0 atom stereocenters. The van der Waals surface area contributed by atoms with E-state index in [1.807, 2.05) is 30.3 Å². The van der Waals surface area contributed by atoms with Crippen LogP contribution in [0.15, 0.2) is 65.5 Å². The molecule has 1 aromatic heterocycles. The predicted molar refractivity (Wildman–Crippen MR) is 102 cm³/mol. The summed E-state index contributed by atoms with van der Waals surface area (Å²) in [6, 6.07) is 16.9. The number of benzene rings is 2. The predicted octanol–water partition coefficient (Wildman–Crippen LogP) is 3.06. The third-order valence-electron chi connectivity index (χ3n) is 3.98. The minimum atomic E-state index is -0.522. The number of halogens is 2. The Morgan fingerprint density at radius 1 is 1.07 bits per heavy atom. The quantitative estimate of drug-likeness (QED) is 0.709. The van der Waals surface area contributed by atoms with Crippen LogP contribution in [0.3, 0.4) is 0 Å². The minimum Gasteiger partial charge on any atom is -0.354 e. The van der Waals surface area contributed by atoms with Crippen molar-refractivity contribution in [2.45, 2.75) is 13.0 Å². The van der Waals surface area contributed by atoms with E-state index in [9.17, 15) is 14.0 Å². The van der Waals surface area contributed by atoms with Gasteiger partial charge in [-0.1, -0.05) is 48.0 Å². The van der Waals surface area contributed by atoms with Crippen LogP contribution in [-0.2, 0) is 17.8 Å². The smallest absolute Gasteiger partial charge is 0.266 e. The number of hydrogen-bond acceptors (Lipinski definition) is 3. The largest absolute Gasteiger partial charge is 0.354 e. The number of nitrogens with one attached hydrogen (secondary N) is 1. The summed E-state index contributed by atoms with van der Waals surface area (Å²) < 4.78 is 15.0. The van der Waals surface area contributed by atoms with Gasteiger partial charge in [0.1, 0.15) is 5.82 Å². The third kappa shape index (κ3) is 4.80. The van der Waals surface area contributed by atoms with Crippen molar-refractivity contribution in [2.75, 3.05) is 6.54 Å². The molecule has 0 aliphatic rings. The molecule has 7 heteroatoms. The summed E-state index contributed by atoms with van der Waals surface area (Å²) >= 11 is 5.92. The van der Waals surface area contributed by atoms with E-state index in [0.717, 1.165) is 5.56 Å². The van der Waals surface area contributed by atoms with E-state index in [4.69, 9.17) is 11.6 Å². The van der Waals surface area contributed by atoms with Crippen LogP contribution in [0.1, 0.15) is 5.56 Å². The van der Waals surface area contributed by atoms with E-state index >= 15 is 0 Å². The van der Waals surface area contributed by atoms with Crippen LogP contribution in [-0.4, -0.2) is 22.2 Å². The summed E-state index contributed by atoms with van der Waals surface area (Å²) in [6.45, 7) is 0.395. The Balaban J connectivity index is 1.62. The molecule has 3 aromatic rings. The second kappa shape index (κ2) is 8.60. The third-order valence-corrected chi connectivity index (χ3v) is 4.34. The average Bonchev–Trinajstić information content (AvgIpc) is 2.67. The lowest BCUT2D eigenvalue weighted by molar-refractivity contribution is -0.120. The molecule has 3 rings (SSSR count). The fourth-order valence-electron chi connectivity index (χ4n) is 2.60. The maximum Gasteiger partial charge on any atom is 0.266 e. The van der Waals surface area contributed by atoms with Gasteiger partial charge >= 0.3 is 0 Å². The Hall–Kier alpha value is -2.99. The molecule has 0 unspecified atom stereocenters. The Kier molecular flexibility index (Phi) is 5.98. The van der Waals surface area contributed by atoms with Crippen LogP contribution in [0.2, 0.25) is 5.02 Å². The summed E-state index contributed by atoms with van der Waals surface area (Å²) in [5.74, 6) is -0.902. The molecule has 1 heterocycles. The van der Waals surface area contributed by atoms with Gasteiger partial charge in [-0.25, -0.2) is 9.07 Å². The van der Waals surface area contributed by atoms with Crippen molar-refractivity contribution >= 4 is 17.5 Å². The molecule has 1 N–H and O–H groups in total. The first-order chi connectivity index (χ1) is 13.0. The van der Waals surface area contributed by atoms with Crippen molar-refractivity contribution in [3.05, 3.63) is 87.4 Å². The van der Waals surface area contributed by atoms with Gasteiger partial charge in [0.25, 0.3) is 5.56 Å². The number of aromatic nitrogens is 2. The van der Waals surface area contributed by atoms with Gasteiger partial charge in [-0.3, -0.25) is 9.59 Å². The topological polar surface area (TPSA) is 64.0 Å². The first-order valence-corrected chi connectivity index (χ1v) is 8.75. The van der Waals surface area contributed by atoms with E-state index in [1.165, 1.54) is 28.9 Å². The van der Waals surface area contributed by atoms with Gasteiger partial charge in [-0.05, 0) is 18.2 Å². The molecule has 0 bridgehead atoms. The maximum atomic E-state index is 13.7. The molecule has 0 fully saturated rings. The van der Waals surface area contributed by atoms with Crippen LogP contribution in [0.4, 0.5) is 4.39 Å². The van der Waals surface area contributed by atoms with Crippen LogP contribution in [0.5, 0.6) is 0 Å². The summed E-state index contributed by atoms with van der Waals surface area (Å²) in [7, 11) is 0. The minimum absolute atomic E-state index is 0.151. The highest BCUT2D eigenvalue weighted by atomic mass is 35.5. The Morgan fingerprint density at radius 3 is 2.59 bits per heavy atom. The standard InChI is InChI=1S/C20H17ClFN3O2/c21-16-7-4-8-17(22)15(16)13-19(26)23-11-12-25-20(27)10-9-18(24-25)14-5-2-1-3-6-14/h1-10H,11-13H2,(H,23,26). The number of hydrogen-bond donors (Lipinski definition) is 1. The number of rotatable bonds is 6. The van der Waals surface area contributed by atoms with Crippen LogP contribution >= 0.6 is 11.6 Å². The zero-order valence-corrected chi connectivity index (χ0v) is 15.1. The normalized spacial score (nSPS) is 10.6. The van der Waals surface area contributed by atoms with E-state index in [1.54, 1.807) is 6.07 Å². The SMILES string of the molecule is O=C(Cc1c(F)cccc1Cl)NCCn1nc(-c2ccccc2)ccc1=O. The van der Waals surface area contributed by atoms with Crippen LogP contribution in [0.25, 0.3) is 11.3 Å². The zero-order chi connectivity index (χ0) is 19.2. The van der Waals surface area contributed by atoms with Gasteiger partial charge in [0.15, 0.2) is 0 Å². The number of carbonyl (C=O) groups excluding carboxylic acids is 1. The van der Waals surface area contributed by atoms with Crippen LogP contribution in [0, 0.1) is 5.82 Å². The fourth-order valence-corrected chi connectivity index (χ4v) is 2.83. The molecule has 1 amide bonds. The van der Waals surface area contributed by atoms with Crippen molar-refractivity contribution in [3.8, 4) is 11.3 Å². The lowest BCUT2D eigenvalue weighted by Gasteiger charge is -2.09. The lowest BCUT2D eigenvalue weighted by Crippen LogP contribution is -2.32. The van der Waals surface area contributed by atoms with E-state index < -0.39 is 5.82 Å². The molecular formula is C20H17ClFN3O2. The lowest BCUT2D eigenvalue weighted by atomic mass is 10.1. The fraction of sp³-hybridized carbons (Fsp3) is 0.150. The molecule has 0 saturated carbocycles. The summed E-state index contributed by atoms with van der Waals surface area (Å²) in [4.78, 5) is 24.0. The average molecular weight is 386 g/mol. The molecule has 138 valence electrons. The number of amides is 1. The zero-order valence-electron chi connectivity index (χ0n) is 14.4. The second-order valence-electron chi connectivity index (χ2n) is 5.87. The molecular weight excluding hydrogens is 369 g/mol. The Morgan fingerprint density at radius 2 is 1.85 bits per heavy atom. The molecule has 5 nitrogen and oxygen atoms in total. The first-order valence-electron chi connectivity index (χ1n) is 8.38. The van der Waals surface area contributed by atoms with Gasteiger partial charge in [-0.15, -0.1) is 0 Å². The van der Waals surface area contributed by atoms with E-state index in [0.29, 0.717) is 5.69 Å². The van der Waals surface area contributed by atoms with Crippen molar-refractivity contribution in [1.82, 2.24) is 15.1 Å². The molecule has 0 aliphatic heterocycles.